The van der Waals surface area contributed by atoms with Crippen LogP contribution >= 0.6 is 0 Å². The highest BCUT2D eigenvalue weighted by Crippen LogP contribution is 2.27. The monoisotopic (exact) mass is 310 g/mol. The number of rotatable bonds is 7. The van der Waals surface area contributed by atoms with Crippen molar-refractivity contribution in [2.75, 3.05) is 11.9 Å². The van der Waals surface area contributed by atoms with Gasteiger partial charge in [0.1, 0.15) is 11.8 Å². The van der Waals surface area contributed by atoms with E-state index in [9.17, 15) is 10.1 Å². The molecule has 1 N–H and O–H groups in total. The third-order valence-electron chi connectivity index (χ3n) is 3.04. The second kappa shape index (κ2) is 6.52. The molecule has 0 fully saturated rings. The third kappa shape index (κ3) is 3.22. The molecule has 0 saturated carbocycles. The van der Waals surface area contributed by atoms with Gasteiger partial charge in [0.05, 0.1) is 11.5 Å². The Balaban J connectivity index is 2.09. The van der Waals surface area contributed by atoms with Crippen LogP contribution in [0.3, 0.4) is 0 Å². The van der Waals surface area contributed by atoms with Crippen molar-refractivity contribution in [1.29, 1.82) is 0 Å². The van der Waals surface area contributed by atoms with Crippen LogP contribution < -0.4 is 5.32 Å². The Kier molecular flexibility index (Phi) is 4.71. The highest BCUT2D eigenvalue weighted by molar-refractivity contribution is 5.59. The van der Waals surface area contributed by atoms with Crippen molar-refractivity contribution in [3.63, 3.8) is 0 Å². The number of nitrogens with zero attached hydrogens (tertiary/aromatic N) is 5. The van der Waals surface area contributed by atoms with Crippen molar-refractivity contribution in [3.05, 3.63) is 27.5 Å². The fourth-order valence-corrected chi connectivity index (χ4v) is 2.05. The van der Waals surface area contributed by atoms with E-state index < -0.39 is 4.92 Å². The fraction of sp³-hybridized carbons (Fsp3) is 0.583. The maximum absolute atomic E-state index is 11.1. The molecule has 1 unspecified atom stereocenters. The molecular weight excluding hydrogens is 292 g/mol. The summed E-state index contributed by atoms with van der Waals surface area (Å²) in [5.74, 6) is 1.05. The van der Waals surface area contributed by atoms with E-state index in [1.165, 1.54) is 4.68 Å². The van der Waals surface area contributed by atoms with Crippen LogP contribution in [0.15, 0.2) is 4.52 Å². The Morgan fingerprint density at radius 2 is 2.27 bits per heavy atom. The number of aryl methyl sites for hydroxylation is 2. The van der Waals surface area contributed by atoms with Gasteiger partial charge < -0.3 is 14.6 Å². The molecule has 0 aromatic carbocycles. The molecule has 0 saturated heterocycles. The first-order chi connectivity index (χ1) is 10.4. The Labute approximate surface area is 126 Å². The summed E-state index contributed by atoms with van der Waals surface area (Å²) < 4.78 is 11.9. The van der Waals surface area contributed by atoms with Gasteiger partial charge >= 0.3 is 5.69 Å². The van der Waals surface area contributed by atoms with E-state index in [-0.39, 0.29) is 18.3 Å². The molecule has 2 heterocycles. The van der Waals surface area contributed by atoms with E-state index in [0.29, 0.717) is 29.8 Å². The van der Waals surface area contributed by atoms with Crippen molar-refractivity contribution in [2.24, 2.45) is 7.05 Å². The maximum Gasteiger partial charge on any atom is 0.333 e. The van der Waals surface area contributed by atoms with Gasteiger partial charge in [0.2, 0.25) is 11.7 Å². The number of nitrogens with one attached hydrogen (secondary N) is 1. The molecule has 0 radical (unpaired) electrons. The minimum absolute atomic E-state index is 0.0649. The number of anilines is 1. The standard InChI is InChI=1S/C12H18N6O4/c1-5-21-8(3)11-14-9(22-16-11)6-13-12-10(18(19)20)7(2)15-17(12)4/h8,13H,5-6H2,1-4H3. The zero-order valence-electron chi connectivity index (χ0n) is 12.9. The van der Waals surface area contributed by atoms with Crippen molar-refractivity contribution >= 4 is 11.5 Å². The van der Waals surface area contributed by atoms with Crippen LogP contribution in [0.1, 0.15) is 37.4 Å². The molecule has 0 amide bonds. The summed E-state index contributed by atoms with van der Waals surface area (Å²) in [7, 11) is 1.62. The Morgan fingerprint density at radius 3 is 2.91 bits per heavy atom. The van der Waals surface area contributed by atoms with Gasteiger partial charge in [-0.05, 0) is 20.8 Å². The number of ether oxygens (including phenoxy) is 1. The minimum Gasteiger partial charge on any atom is -0.371 e. The van der Waals surface area contributed by atoms with Crippen molar-refractivity contribution < 1.29 is 14.2 Å². The van der Waals surface area contributed by atoms with Gasteiger partial charge in [-0.2, -0.15) is 10.1 Å². The molecule has 120 valence electrons. The van der Waals surface area contributed by atoms with Gasteiger partial charge in [-0.25, -0.2) is 4.68 Å². The molecule has 10 heteroatoms. The number of nitro groups is 1. The molecule has 0 aliphatic rings. The lowest BCUT2D eigenvalue weighted by atomic mass is 10.4. The van der Waals surface area contributed by atoms with E-state index in [1.807, 2.05) is 13.8 Å². The maximum atomic E-state index is 11.1. The molecule has 0 spiro atoms. The molecule has 0 bridgehead atoms. The Bertz CT molecular complexity index is 665. The Morgan fingerprint density at radius 1 is 1.55 bits per heavy atom. The summed E-state index contributed by atoms with van der Waals surface area (Å²) in [6, 6.07) is 0. The zero-order valence-corrected chi connectivity index (χ0v) is 12.9. The van der Waals surface area contributed by atoms with Crippen molar-refractivity contribution in [3.8, 4) is 0 Å². The van der Waals surface area contributed by atoms with E-state index in [4.69, 9.17) is 9.26 Å². The number of hydrogen-bond donors (Lipinski definition) is 1. The molecule has 2 aromatic heterocycles. The summed E-state index contributed by atoms with van der Waals surface area (Å²) >= 11 is 0. The van der Waals surface area contributed by atoms with Crippen LogP contribution in [0.25, 0.3) is 0 Å². The molecule has 0 aliphatic heterocycles. The predicted molar refractivity (Wildman–Crippen MR) is 76.3 cm³/mol. The van der Waals surface area contributed by atoms with E-state index in [1.54, 1.807) is 14.0 Å². The normalized spacial score (nSPS) is 12.4. The van der Waals surface area contributed by atoms with Crippen LogP contribution in [-0.4, -0.2) is 31.5 Å². The quantitative estimate of drug-likeness (QED) is 0.606. The fourth-order valence-electron chi connectivity index (χ4n) is 2.05. The lowest BCUT2D eigenvalue weighted by Gasteiger charge is -2.05. The highest BCUT2D eigenvalue weighted by atomic mass is 16.6. The van der Waals surface area contributed by atoms with Gasteiger partial charge in [0, 0.05) is 13.7 Å². The minimum atomic E-state index is -0.471. The number of aromatic nitrogens is 4. The second-order valence-electron chi connectivity index (χ2n) is 4.66. The highest BCUT2D eigenvalue weighted by Gasteiger charge is 2.24. The summed E-state index contributed by atoms with van der Waals surface area (Å²) in [6.07, 6.45) is -0.268. The average molecular weight is 310 g/mol. The first-order valence-electron chi connectivity index (χ1n) is 6.80. The summed E-state index contributed by atoms with van der Waals surface area (Å²) in [6.45, 7) is 5.98. The van der Waals surface area contributed by atoms with Crippen molar-refractivity contribution in [2.45, 2.75) is 33.4 Å². The summed E-state index contributed by atoms with van der Waals surface area (Å²) in [5, 5.41) is 21.8. The lowest BCUT2D eigenvalue weighted by molar-refractivity contribution is -0.384. The van der Waals surface area contributed by atoms with Crippen LogP contribution in [0.4, 0.5) is 11.5 Å². The molecule has 2 rings (SSSR count). The molecule has 22 heavy (non-hydrogen) atoms. The lowest BCUT2D eigenvalue weighted by Crippen LogP contribution is -2.07. The molecule has 10 nitrogen and oxygen atoms in total. The summed E-state index contributed by atoms with van der Waals surface area (Å²) in [4.78, 5) is 14.8. The van der Waals surface area contributed by atoms with Crippen LogP contribution in [0.5, 0.6) is 0 Å². The first-order valence-corrected chi connectivity index (χ1v) is 6.80. The van der Waals surface area contributed by atoms with Crippen LogP contribution in [0, 0.1) is 17.0 Å². The molecule has 1 atom stereocenters. The van der Waals surface area contributed by atoms with Gasteiger partial charge in [-0.1, -0.05) is 5.16 Å². The molecule has 2 aromatic rings. The van der Waals surface area contributed by atoms with E-state index in [2.05, 4.69) is 20.6 Å². The SMILES string of the molecule is CCOC(C)c1noc(CNc2c([N+](=O)[O-])c(C)nn2C)n1. The van der Waals surface area contributed by atoms with Gasteiger partial charge in [0.25, 0.3) is 0 Å². The predicted octanol–water partition coefficient (Wildman–Crippen LogP) is 1.73. The first kappa shape index (κ1) is 15.9. The van der Waals surface area contributed by atoms with Crippen LogP contribution in [-0.2, 0) is 18.3 Å². The number of hydrogen-bond acceptors (Lipinski definition) is 8. The second-order valence-corrected chi connectivity index (χ2v) is 4.66. The largest absolute Gasteiger partial charge is 0.371 e. The summed E-state index contributed by atoms with van der Waals surface area (Å²) in [5.41, 5.74) is 0.274. The molecular formula is C12H18N6O4. The molecule has 0 aliphatic carbocycles. The van der Waals surface area contributed by atoms with Crippen LogP contribution in [0.2, 0.25) is 0 Å². The van der Waals surface area contributed by atoms with Gasteiger partial charge in [-0.15, -0.1) is 0 Å². The average Bonchev–Trinajstić information content (AvgIpc) is 3.01. The van der Waals surface area contributed by atoms with Gasteiger partial charge in [-0.3, -0.25) is 10.1 Å². The zero-order chi connectivity index (χ0) is 16.3. The van der Waals surface area contributed by atoms with E-state index >= 15 is 0 Å². The van der Waals surface area contributed by atoms with Crippen molar-refractivity contribution in [1.82, 2.24) is 19.9 Å². The van der Waals surface area contributed by atoms with E-state index in [0.717, 1.165) is 0 Å². The Hall–Kier alpha value is -2.49. The smallest absolute Gasteiger partial charge is 0.333 e. The third-order valence-corrected chi connectivity index (χ3v) is 3.04. The van der Waals surface area contributed by atoms with Gasteiger partial charge in [0.15, 0.2) is 5.82 Å². The topological polar surface area (TPSA) is 121 Å².